The lowest BCUT2D eigenvalue weighted by atomic mass is 9.90. The van der Waals surface area contributed by atoms with Crippen molar-refractivity contribution in [2.45, 2.75) is 26.1 Å². The molecular weight excluding hydrogens is 332 g/mol. The molecular formula is C23H22N2Si. The van der Waals surface area contributed by atoms with Crippen molar-refractivity contribution in [3.8, 4) is 23.6 Å². The highest BCUT2D eigenvalue weighted by Gasteiger charge is 2.14. The second-order valence-electron chi connectivity index (χ2n) is 7.18. The normalized spacial score (nSPS) is 13.1. The fourth-order valence-electron chi connectivity index (χ4n) is 2.52. The number of rotatable bonds is 3. The summed E-state index contributed by atoms with van der Waals surface area (Å²) in [7, 11) is -1.42. The first-order valence-electron chi connectivity index (χ1n) is 8.61. The van der Waals surface area contributed by atoms with Crippen LogP contribution in [0.15, 0.2) is 66.3 Å². The van der Waals surface area contributed by atoms with Gasteiger partial charge in [-0.3, -0.25) is 0 Å². The molecule has 0 heterocycles. The van der Waals surface area contributed by atoms with Crippen molar-refractivity contribution in [2.75, 3.05) is 0 Å². The SMILES string of the molecule is C[Si](C)(C)C#Cc1ccc(C(CC2C=CC=CC=C2)=C(C#N)C#N)cc1. The predicted octanol–water partition coefficient (Wildman–Crippen LogP) is 5.40. The van der Waals surface area contributed by atoms with E-state index in [4.69, 9.17) is 0 Å². The van der Waals surface area contributed by atoms with Crippen molar-refractivity contribution in [2.24, 2.45) is 5.92 Å². The molecule has 0 radical (unpaired) electrons. The van der Waals surface area contributed by atoms with E-state index in [9.17, 15) is 10.5 Å². The van der Waals surface area contributed by atoms with E-state index in [0.29, 0.717) is 6.42 Å². The largest absolute Gasteiger partial charge is 0.192 e. The zero-order chi connectivity index (χ0) is 19.0. The molecule has 1 aliphatic rings. The molecule has 0 spiro atoms. The van der Waals surface area contributed by atoms with Gasteiger partial charge in [0.2, 0.25) is 0 Å². The third-order valence-corrected chi connectivity index (χ3v) is 4.71. The van der Waals surface area contributed by atoms with Crippen LogP contribution < -0.4 is 0 Å². The summed E-state index contributed by atoms with van der Waals surface area (Å²) in [5.41, 5.74) is 6.17. The van der Waals surface area contributed by atoms with Gasteiger partial charge < -0.3 is 0 Å². The number of benzene rings is 1. The zero-order valence-corrected chi connectivity index (χ0v) is 16.5. The average molecular weight is 355 g/mol. The van der Waals surface area contributed by atoms with E-state index in [1.807, 2.05) is 60.7 Å². The molecule has 3 heteroatoms. The van der Waals surface area contributed by atoms with Crippen LogP contribution in [0, 0.1) is 40.0 Å². The van der Waals surface area contributed by atoms with Crippen LogP contribution in [0.1, 0.15) is 17.5 Å². The van der Waals surface area contributed by atoms with Crippen molar-refractivity contribution in [1.82, 2.24) is 0 Å². The minimum absolute atomic E-state index is 0.156. The maximum atomic E-state index is 9.37. The van der Waals surface area contributed by atoms with E-state index in [2.05, 4.69) is 43.3 Å². The lowest BCUT2D eigenvalue weighted by Gasteiger charge is -2.12. The van der Waals surface area contributed by atoms with Crippen molar-refractivity contribution in [1.29, 1.82) is 10.5 Å². The average Bonchev–Trinajstić information content (AvgIpc) is 2.89. The number of hydrogen-bond acceptors (Lipinski definition) is 2. The lowest BCUT2D eigenvalue weighted by molar-refractivity contribution is 0.845. The van der Waals surface area contributed by atoms with Crippen LogP contribution in [-0.2, 0) is 0 Å². The van der Waals surface area contributed by atoms with Gasteiger partial charge in [-0.2, -0.15) is 10.5 Å². The zero-order valence-electron chi connectivity index (χ0n) is 15.5. The van der Waals surface area contributed by atoms with Crippen LogP contribution in [0.3, 0.4) is 0 Å². The van der Waals surface area contributed by atoms with E-state index in [-0.39, 0.29) is 11.5 Å². The number of allylic oxidation sites excluding steroid dienone is 8. The summed E-state index contributed by atoms with van der Waals surface area (Å²) in [6, 6.07) is 11.9. The molecule has 0 unspecified atom stereocenters. The maximum absolute atomic E-state index is 9.37. The molecule has 0 aromatic heterocycles. The minimum Gasteiger partial charge on any atom is -0.192 e. The highest BCUT2D eigenvalue weighted by molar-refractivity contribution is 6.83. The van der Waals surface area contributed by atoms with Crippen LogP contribution in [0.2, 0.25) is 19.6 Å². The first-order chi connectivity index (χ1) is 12.4. The van der Waals surface area contributed by atoms with E-state index in [1.54, 1.807) is 0 Å². The highest BCUT2D eigenvalue weighted by Crippen LogP contribution is 2.28. The van der Waals surface area contributed by atoms with Crippen molar-refractivity contribution in [3.05, 3.63) is 77.4 Å². The van der Waals surface area contributed by atoms with E-state index in [1.165, 1.54) is 0 Å². The molecule has 0 bridgehead atoms. The minimum atomic E-state index is -1.42. The quantitative estimate of drug-likeness (QED) is 0.414. The van der Waals surface area contributed by atoms with Gasteiger partial charge in [-0.05, 0) is 35.6 Å². The topological polar surface area (TPSA) is 47.6 Å². The Labute approximate surface area is 157 Å². The first-order valence-corrected chi connectivity index (χ1v) is 12.1. The third kappa shape index (κ3) is 5.78. The summed E-state index contributed by atoms with van der Waals surface area (Å²) in [6.45, 7) is 6.64. The van der Waals surface area contributed by atoms with Crippen LogP contribution in [0.25, 0.3) is 5.57 Å². The molecule has 2 rings (SSSR count). The summed E-state index contributed by atoms with van der Waals surface area (Å²) >= 11 is 0. The van der Waals surface area contributed by atoms with Crippen LogP contribution >= 0.6 is 0 Å². The van der Waals surface area contributed by atoms with E-state index in [0.717, 1.165) is 16.7 Å². The molecule has 26 heavy (non-hydrogen) atoms. The molecule has 0 amide bonds. The Balaban J connectivity index is 2.35. The summed E-state index contributed by atoms with van der Waals surface area (Å²) in [6.07, 6.45) is 12.7. The molecule has 1 aliphatic carbocycles. The fraction of sp³-hybridized carbons (Fsp3) is 0.217. The van der Waals surface area contributed by atoms with Gasteiger partial charge in [-0.25, -0.2) is 0 Å². The molecule has 0 saturated heterocycles. The van der Waals surface area contributed by atoms with Gasteiger partial charge in [0.25, 0.3) is 0 Å². The van der Waals surface area contributed by atoms with Crippen LogP contribution in [0.5, 0.6) is 0 Å². The first kappa shape index (κ1) is 19.3. The second kappa shape index (κ2) is 8.86. The van der Waals surface area contributed by atoms with Gasteiger partial charge in [0.05, 0.1) is 0 Å². The molecule has 0 aliphatic heterocycles. The molecule has 1 aromatic rings. The van der Waals surface area contributed by atoms with Gasteiger partial charge in [-0.15, -0.1) is 5.54 Å². The van der Waals surface area contributed by atoms with Gasteiger partial charge in [0.1, 0.15) is 25.8 Å². The van der Waals surface area contributed by atoms with Gasteiger partial charge in [0, 0.05) is 5.56 Å². The predicted molar refractivity (Wildman–Crippen MR) is 110 cm³/mol. The Morgan fingerprint density at radius 3 is 2.00 bits per heavy atom. The smallest absolute Gasteiger partial charge is 0.133 e. The van der Waals surface area contributed by atoms with Crippen molar-refractivity contribution >= 4 is 13.6 Å². The Morgan fingerprint density at radius 2 is 1.50 bits per heavy atom. The lowest BCUT2D eigenvalue weighted by Crippen LogP contribution is -2.16. The Morgan fingerprint density at radius 1 is 0.923 bits per heavy atom. The van der Waals surface area contributed by atoms with E-state index < -0.39 is 8.07 Å². The Bertz CT molecular complexity index is 880. The summed E-state index contributed by atoms with van der Waals surface area (Å²) in [4.78, 5) is 0. The van der Waals surface area contributed by atoms with Gasteiger partial charge in [0.15, 0.2) is 0 Å². The molecule has 0 atom stereocenters. The molecule has 0 saturated carbocycles. The van der Waals surface area contributed by atoms with Crippen molar-refractivity contribution < 1.29 is 0 Å². The summed E-state index contributed by atoms with van der Waals surface area (Å²) < 4.78 is 0. The number of nitriles is 2. The highest BCUT2D eigenvalue weighted by atomic mass is 28.3. The monoisotopic (exact) mass is 354 g/mol. The van der Waals surface area contributed by atoms with Crippen LogP contribution in [-0.4, -0.2) is 8.07 Å². The number of hydrogen-bond donors (Lipinski definition) is 0. The molecule has 2 nitrogen and oxygen atoms in total. The molecule has 1 aromatic carbocycles. The van der Waals surface area contributed by atoms with Crippen LogP contribution in [0.4, 0.5) is 0 Å². The molecule has 128 valence electrons. The fourth-order valence-corrected chi connectivity index (χ4v) is 3.04. The summed E-state index contributed by atoms with van der Waals surface area (Å²) in [5, 5.41) is 18.7. The third-order valence-electron chi connectivity index (χ3n) is 3.83. The standard InChI is InChI=1S/C23H22N2Si/c1-26(2,3)15-14-19-10-12-21(13-11-19)23(22(17-24)18-25)16-20-8-6-4-5-7-9-20/h4-13,20H,16H2,1-3H3. The number of nitrogens with zero attached hydrogens (tertiary/aromatic N) is 2. The van der Waals surface area contributed by atoms with Crippen molar-refractivity contribution in [3.63, 3.8) is 0 Å². The molecule has 0 N–H and O–H groups in total. The summed E-state index contributed by atoms with van der Waals surface area (Å²) in [5.74, 6) is 3.39. The van der Waals surface area contributed by atoms with Gasteiger partial charge in [-0.1, -0.05) is 74.2 Å². The Kier molecular flexibility index (Phi) is 6.57. The van der Waals surface area contributed by atoms with E-state index >= 15 is 0 Å². The van der Waals surface area contributed by atoms with Gasteiger partial charge >= 0.3 is 0 Å². The second-order valence-corrected chi connectivity index (χ2v) is 11.9. The maximum Gasteiger partial charge on any atom is 0.133 e. The Hall–Kier alpha value is -3.06. The molecule has 0 fully saturated rings.